The Morgan fingerprint density at radius 3 is 2.62 bits per heavy atom. The predicted molar refractivity (Wildman–Crippen MR) is 133 cm³/mol. The number of hydrogen-bond donors (Lipinski definition) is 1. The number of fused-ring (bicyclic) bond motifs is 2. The monoisotopic (exact) mass is 483 g/mol. The summed E-state index contributed by atoms with van der Waals surface area (Å²) in [4.78, 5) is 15.6. The van der Waals surface area contributed by atoms with E-state index in [0.717, 1.165) is 22.2 Å². The van der Waals surface area contributed by atoms with E-state index in [1.807, 2.05) is 34.9 Å². The Morgan fingerprint density at radius 1 is 1.15 bits per heavy atom. The lowest BCUT2D eigenvalue weighted by atomic mass is 10.2. The van der Waals surface area contributed by atoms with E-state index in [1.165, 1.54) is 6.26 Å². The molecule has 0 aliphatic carbocycles. The van der Waals surface area contributed by atoms with Gasteiger partial charge < -0.3 is 19.5 Å². The summed E-state index contributed by atoms with van der Waals surface area (Å²) in [6, 6.07) is 9.78. The second-order valence-corrected chi connectivity index (χ2v) is 11.7. The molecular weight excluding hydrogens is 454 g/mol. The zero-order chi connectivity index (χ0) is 24.3. The molecule has 0 unspecified atom stereocenters. The lowest BCUT2D eigenvalue weighted by Crippen LogP contribution is -2.44. The molecule has 0 radical (unpaired) electrons. The summed E-state index contributed by atoms with van der Waals surface area (Å²) in [7, 11) is -1.64. The van der Waals surface area contributed by atoms with Crippen LogP contribution >= 0.6 is 0 Å². The lowest BCUT2D eigenvalue weighted by molar-refractivity contribution is 0.0987. The topological polar surface area (TPSA) is 107 Å². The highest BCUT2D eigenvalue weighted by Gasteiger charge is 2.35. The smallest absolute Gasteiger partial charge is 0.241 e. The van der Waals surface area contributed by atoms with Crippen LogP contribution in [0.3, 0.4) is 0 Å². The fourth-order valence-corrected chi connectivity index (χ4v) is 4.86. The Morgan fingerprint density at radius 2 is 1.91 bits per heavy atom. The molecule has 11 heteroatoms. The SMILES string of the molecule is CNc1nc2ccccc2n1-c1nc(N2CCOC[C@H]2C)c2ccn(C(C)(C)S(C)(=O)=O)c2n1. The molecular formula is C23H29N7O3S. The van der Waals surface area contributed by atoms with Gasteiger partial charge in [-0.2, -0.15) is 9.97 Å². The number of para-hydroxylation sites is 2. The van der Waals surface area contributed by atoms with Gasteiger partial charge in [0.15, 0.2) is 9.84 Å². The molecule has 0 bridgehead atoms. The van der Waals surface area contributed by atoms with Crippen LogP contribution < -0.4 is 10.2 Å². The average Bonchev–Trinajstić information content (AvgIpc) is 3.39. The molecule has 34 heavy (non-hydrogen) atoms. The van der Waals surface area contributed by atoms with Gasteiger partial charge in [-0.25, -0.2) is 18.0 Å². The van der Waals surface area contributed by atoms with Gasteiger partial charge in [0.05, 0.1) is 35.7 Å². The second-order valence-electron chi connectivity index (χ2n) is 9.12. The third-order valence-corrected chi connectivity index (χ3v) is 8.64. The maximum Gasteiger partial charge on any atom is 0.241 e. The van der Waals surface area contributed by atoms with Crippen molar-refractivity contribution >= 4 is 43.7 Å². The van der Waals surface area contributed by atoms with Gasteiger partial charge in [-0.05, 0) is 39.0 Å². The molecule has 0 amide bonds. The number of nitrogens with one attached hydrogen (secondary N) is 1. The molecule has 3 aromatic heterocycles. The third-order valence-electron chi connectivity index (χ3n) is 6.62. The van der Waals surface area contributed by atoms with Crippen LogP contribution in [-0.2, 0) is 19.4 Å². The van der Waals surface area contributed by atoms with Crippen molar-refractivity contribution in [3.63, 3.8) is 0 Å². The summed E-state index contributed by atoms with van der Waals surface area (Å²) in [5.41, 5.74) is 2.21. The van der Waals surface area contributed by atoms with E-state index in [1.54, 1.807) is 31.7 Å². The third kappa shape index (κ3) is 3.41. The number of imidazole rings is 1. The molecule has 4 aromatic rings. The molecule has 1 saturated heterocycles. The molecule has 1 N–H and O–H groups in total. The highest BCUT2D eigenvalue weighted by molar-refractivity contribution is 7.91. The summed E-state index contributed by atoms with van der Waals surface area (Å²) >= 11 is 0. The van der Waals surface area contributed by atoms with E-state index < -0.39 is 14.7 Å². The standard InChI is InChI=1S/C23H29N7O3S/c1-15-14-33-13-12-28(15)19-16-10-11-29(23(2,3)34(5,31)32)20(16)27-22(26-19)30-18-9-7-6-8-17(18)25-21(30)24-4/h6-11,15H,12-14H2,1-5H3,(H,24,25)/t15-/m1/s1. The van der Waals surface area contributed by atoms with Crippen LogP contribution in [0.4, 0.5) is 11.8 Å². The first kappa shape index (κ1) is 22.6. The zero-order valence-corrected chi connectivity index (χ0v) is 20.8. The van der Waals surface area contributed by atoms with Gasteiger partial charge in [-0.1, -0.05) is 12.1 Å². The Bertz CT molecular complexity index is 1490. The van der Waals surface area contributed by atoms with E-state index >= 15 is 0 Å². The van der Waals surface area contributed by atoms with E-state index in [-0.39, 0.29) is 6.04 Å². The first-order chi connectivity index (χ1) is 16.1. The van der Waals surface area contributed by atoms with Crippen LogP contribution in [0.15, 0.2) is 36.5 Å². The molecule has 0 spiro atoms. The van der Waals surface area contributed by atoms with Crippen LogP contribution in [0.2, 0.25) is 0 Å². The second kappa shape index (κ2) is 7.95. The minimum Gasteiger partial charge on any atom is -0.377 e. The highest BCUT2D eigenvalue weighted by atomic mass is 32.2. The van der Waals surface area contributed by atoms with Crippen LogP contribution in [0, 0.1) is 0 Å². The van der Waals surface area contributed by atoms with E-state index in [0.29, 0.717) is 37.3 Å². The number of rotatable bonds is 5. The molecule has 5 rings (SSSR count). The first-order valence-electron chi connectivity index (χ1n) is 11.2. The minimum absolute atomic E-state index is 0.106. The maximum absolute atomic E-state index is 12.7. The number of aromatic nitrogens is 5. The van der Waals surface area contributed by atoms with E-state index in [9.17, 15) is 8.42 Å². The summed E-state index contributed by atoms with van der Waals surface area (Å²) < 4.78 is 34.7. The van der Waals surface area contributed by atoms with E-state index in [4.69, 9.17) is 14.7 Å². The number of hydrogen-bond acceptors (Lipinski definition) is 8. The Labute approximate surface area is 198 Å². The number of benzene rings is 1. The van der Waals surface area contributed by atoms with Crippen molar-refractivity contribution in [2.24, 2.45) is 0 Å². The van der Waals surface area contributed by atoms with Crippen molar-refractivity contribution in [1.82, 2.24) is 24.1 Å². The molecule has 10 nitrogen and oxygen atoms in total. The van der Waals surface area contributed by atoms with Crippen LogP contribution in [0.25, 0.3) is 28.0 Å². The van der Waals surface area contributed by atoms with Crippen molar-refractivity contribution in [2.75, 3.05) is 43.3 Å². The lowest BCUT2D eigenvalue weighted by Gasteiger charge is -2.35. The van der Waals surface area contributed by atoms with Gasteiger partial charge in [-0.3, -0.25) is 0 Å². The Kier molecular flexibility index (Phi) is 5.28. The summed E-state index contributed by atoms with van der Waals surface area (Å²) in [5.74, 6) is 1.77. The molecule has 4 heterocycles. The number of sulfone groups is 1. The van der Waals surface area contributed by atoms with Gasteiger partial charge in [0.1, 0.15) is 16.3 Å². The fraction of sp³-hybridized carbons (Fsp3) is 0.435. The molecule has 1 atom stereocenters. The maximum atomic E-state index is 12.7. The highest BCUT2D eigenvalue weighted by Crippen LogP contribution is 2.34. The van der Waals surface area contributed by atoms with Crippen LogP contribution in [-0.4, -0.2) is 71.6 Å². The first-order valence-corrected chi connectivity index (χ1v) is 13.1. The fourth-order valence-electron chi connectivity index (χ4n) is 4.36. The molecule has 1 aliphatic rings. The van der Waals surface area contributed by atoms with Crippen molar-refractivity contribution in [3.05, 3.63) is 36.5 Å². The number of morpholine rings is 1. The number of nitrogens with zero attached hydrogens (tertiary/aromatic N) is 6. The van der Waals surface area contributed by atoms with Crippen LogP contribution in [0.1, 0.15) is 20.8 Å². The quantitative estimate of drug-likeness (QED) is 0.462. The number of anilines is 2. The molecule has 1 aromatic carbocycles. The summed E-state index contributed by atoms with van der Waals surface area (Å²) in [6.45, 7) is 7.33. The average molecular weight is 484 g/mol. The molecule has 180 valence electrons. The van der Waals surface area contributed by atoms with Crippen molar-refractivity contribution in [2.45, 2.75) is 31.7 Å². The van der Waals surface area contributed by atoms with Gasteiger partial charge in [0.2, 0.25) is 11.9 Å². The van der Waals surface area contributed by atoms with Crippen molar-refractivity contribution in [3.8, 4) is 5.95 Å². The minimum atomic E-state index is -3.44. The summed E-state index contributed by atoms with van der Waals surface area (Å²) in [5, 5.41) is 3.93. The van der Waals surface area contributed by atoms with Gasteiger partial charge in [0.25, 0.3) is 0 Å². The predicted octanol–water partition coefficient (Wildman–Crippen LogP) is 2.77. The molecule has 0 saturated carbocycles. The van der Waals surface area contributed by atoms with Gasteiger partial charge in [0, 0.05) is 26.0 Å². The summed E-state index contributed by atoms with van der Waals surface area (Å²) in [6.07, 6.45) is 3.03. The Balaban J connectivity index is 1.85. The van der Waals surface area contributed by atoms with Gasteiger partial charge >= 0.3 is 0 Å². The van der Waals surface area contributed by atoms with Crippen LogP contribution in [0.5, 0.6) is 0 Å². The normalized spacial score (nSPS) is 17.6. The van der Waals surface area contributed by atoms with Crippen molar-refractivity contribution in [1.29, 1.82) is 0 Å². The molecule has 1 aliphatic heterocycles. The van der Waals surface area contributed by atoms with E-state index in [2.05, 4.69) is 22.1 Å². The number of ether oxygens (including phenoxy) is 1. The zero-order valence-electron chi connectivity index (χ0n) is 20.0. The molecule has 1 fully saturated rings. The van der Waals surface area contributed by atoms with Gasteiger partial charge in [-0.15, -0.1) is 0 Å². The Hall–Kier alpha value is -3.18. The van der Waals surface area contributed by atoms with Crippen molar-refractivity contribution < 1.29 is 13.2 Å². The largest absolute Gasteiger partial charge is 0.377 e.